The number of ether oxygens (including phenoxy) is 1. The molecule has 1 saturated carbocycles. The van der Waals surface area contributed by atoms with Gasteiger partial charge >= 0.3 is 5.97 Å². The van der Waals surface area contributed by atoms with Crippen LogP contribution in [0.2, 0.25) is 0 Å². The fourth-order valence-electron chi connectivity index (χ4n) is 2.76. The first kappa shape index (κ1) is 13.9. The third-order valence-corrected chi connectivity index (χ3v) is 3.94. The van der Waals surface area contributed by atoms with E-state index in [0.717, 1.165) is 29.7 Å². The summed E-state index contributed by atoms with van der Waals surface area (Å²) >= 11 is 0. The Morgan fingerprint density at radius 1 is 1.58 bits per heavy atom. The summed E-state index contributed by atoms with van der Waals surface area (Å²) < 4.78 is 5.33. The summed E-state index contributed by atoms with van der Waals surface area (Å²) in [6, 6.07) is 6.22. The van der Waals surface area contributed by atoms with Crippen LogP contribution in [-0.4, -0.2) is 25.2 Å². The molecular weight excluding hydrogens is 242 g/mol. The summed E-state index contributed by atoms with van der Waals surface area (Å²) in [7, 11) is 3.56. The van der Waals surface area contributed by atoms with Crippen LogP contribution in [0.3, 0.4) is 0 Å². The van der Waals surface area contributed by atoms with Crippen LogP contribution in [0.1, 0.15) is 30.5 Å². The zero-order valence-corrected chi connectivity index (χ0v) is 11.6. The quantitative estimate of drug-likeness (QED) is 0.826. The third kappa shape index (κ3) is 2.73. The number of aryl methyl sites for hydroxylation is 1. The molecule has 19 heavy (non-hydrogen) atoms. The van der Waals surface area contributed by atoms with Crippen molar-refractivity contribution in [3.05, 3.63) is 29.3 Å². The highest BCUT2D eigenvalue weighted by Gasteiger charge is 2.47. The van der Waals surface area contributed by atoms with Gasteiger partial charge in [0.2, 0.25) is 0 Å². The Balaban J connectivity index is 2.22. The smallest absolute Gasteiger partial charge is 0.306 e. The van der Waals surface area contributed by atoms with E-state index in [0.29, 0.717) is 0 Å². The Kier molecular flexibility index (Phi) is 4.10. The standard InChI is InChI=1S/C15H21NO3/c1-4-9-7-10(5-6-13(9)19-3)14(16-2)11-8-12(11)15(17)18/h5-7,11-12,14,16H,4,8H2,1-3H3,(H,17,18). The Bertz CT molecular complexity index is 472. The first-order valence-corrected chi connectivity index (χ1v) is 6.69. The van der Waals surface area contributed by atoms with Crippen molar-refractivity contribution < 1.29 is 14.6 Å². The predicted molar refractivity (Wildman–Crippen MR) is 73.4 cm³/mol. The number of rotatable bonds is 6. The second-order valence-electron chi connectivity index (χ2n) is 5.04. The second-order valence-corrected chi connectivity index (χ2v) is 5.04. The molecule has 0 aliphatic heterocycles. The molecule has 3 atom stereocenters. The van der Waals surface area contributed by atoms with Crippen LogP contribution in [0.15, 0.2) is 18.2 Å². The van der Waals surface area contributed by atoms with Crippen LogP contribution in [0.25, 0.3) is 0 Å². The van der Waals surface area contributed by atoms with E-state index in [9.17, 15) is 4.79 Å². The largest absolute Gasteiger partial charge is 0.496 e. The minimum atomic E-state index is -0.686. The summed E-state index contributed by atoms with van der Waals surface area (Å²) in [6.45, 7) is 2.09. The number of hydrogen-bond donors (Lipinski definition) is 2. The number of nitrogens with one attached hydrogen (secondary N) is 1. The number of benzene rings is 1. The molecule has 4 heteroatoms. The maximum Gasteiger partial charge on any atom is 0.306 e. The van der Waals surface area contributed by atoms with Gasteiger partial charge in [-0.05, 0) is 43.0 Å². The van der Waals surface area contributed by atoms with Crippen molar-refractivity contribution in [2.45, 2.75) is 25.8 Å². The molecule has 1 aliphatic rings. The number of carbonyl (C=O) groups is 1. The summed E-state index contributed by atoms with van der Waals surface area (Å²) in [5.74, 6) is 0.200. The van der Waals surface area contributed by atoms with Crippen LogP contribution in [0, 0.1) is 11.8 Å². The minimum Gasteiger partial charge on any atom is -0.496 e. The van der Waals surface area contributed by atoms with E-state index in [1.807, 2.05) is 19.2 Å². The van der Waals surface area contributed by atoms with Gasteiger partial charge in [0, 0.05) is 6.04 Å². The summed E-state index contributed by atoms with van der Waals surface area (Å²) in [5, 5.41) is 12.3. The second kappa shape index (κ2) is 5.61. The number of carboxylic acid groups (broad SMARTS) is 1. The van der Waals surface area contributed by atoms with Crippen molar-refractivity contribution in [1.29, 1.82) is 0 Å². The summed E-state index contributed by atoms with van der Waals surface area (Å²) in [6.07, 6.45) is 1.66. The minimum absolute atomic E-state index is 0.109. The molecular formula is C15H21NO3. The average Bonchev–Trinajstić information content (AvgIpc) is 3.20. The molecule has 2 rings (SSSR count). The predicted octanol–water partition coefficient (Wildman–Crippen LogP) is 2.24. The van der Waals surface area contributed by atoms with Gasteiger partial charge in [-0.1, -0.05) is 19.1 Å². The maximum atomic E-state index is 11.0. The first-order chi connectivity index (χ1) is 9.12. The van der Waals surface area contributed by atoms with Gasteiger partial charge in [-0.2, -0.15) is 0 Å². The molecule has 0 radical (unpaired) electrons. The van der Waals surface area contributed by atoms with Crippen LogP contribution in [0.5, 0.6) is 5.75 Å². The molecule has 2 N–H and O–H groups in total. The fraction of sp³-hybridized carbons (Fsp3) is 0.533. The van der Waals surface area contributed by atoms with Gasteiger partial charge in [-0.3, -0.25) is 4.79 Å². The molecule has 1 aromatic carbocycles. The lowest BCUT2D eigenvalue weighted by molar-refractivity contribution is -0.138. The normalized spacial score (nSPS) is 22.9. The molecule has 4 nitrogen and oxygen atoms in total. The van der Waals surface area contributed by atoms with E-state index in [1.165, 1.54) is 0 Å². The van der Waals surface area contributed by atoms with Gasteiger partial charge in [0.25, 0.3) is 0 Å². The van der Waals surface area contributed by atoms with Gasteiger partial charge in [-0.25, -0.2) is 0 Å². The molecule has 0 saturated heterocycles. The number of carboxylic acids is 1. The van der Waals surface area contributed by atoms with Gasteiger partial charge < -0.3 is 15.2 Å². The Morgan fingerprint density at radius 3 is 2.79 bits per heavy atom. The van der Waals surface area contributed by atoms with Crippen molar-refractivity contribution in [3.8, 4) is 5.75 Å². The van der Waals surface area contributed by atoms with E-state index in [1.54, 1.807) is 7.11 Å². The molecule has 1 aromatic rings. The van der Waals surface area contributed by atoms with Gasteiger partial charge in [0.15, 0.2) is 0 Å². The summed E-state index contributed by atoms with van der Waals surface area (Å²) in [5.41, 5.74) is 2.31. The molecule has 0 spiro atoms. The molecule has 0 amide bonds. The molecule has 0 heterocycles. The molecule has 104 valence electrons. The highest BCUT2D eigenvalue weighted by atomic mass is 16.5. The van der Waals surface area contributed by atoms with E-state index in [4.69, 9.17) is 9.84 Å². The van der Waals surface area contributed by atoms with E-state index >= 15 is 0 Å². The van der Waals surface area contributed by atoms with E-state index < -0.39 is 5.97 Å². The van der Waals surface area contributed by atoms with Gasteiger partial charge in [0.1, 0.15) is 5.75 Å². The highest BCUT2D eigenvalue weighted by Crippen LogP contribution is 2.47. The SMILES string of the molecule is CCc1cc(C(NC)C2CC2C(=O)O)ccc1OC. The van der Waals surface area contributed by atoms with Crippen LogP contribution < -0.4 is 10.1 Å². The van der Waals surface area contributed by atoms with Crippen molar-refractivity contribution in [2.24, 2.45) is 11.8 Å². The van der Waals surface area contributed by atoms with Crippen LogP contribution >= 0.6 is 0 Å². The lowest BCUT2D eigenvalue weighted by Crippen LogP contribution is -2.20. The van der Waals surface area contributed by atoms with Crippen molar-refractivity contribution >= 4 is 5.97 Å². The fourth-order valence-corrected chi connectivity index (χ4v) is 2.76. The Labute approximate surface area is 113 Å². The van der Waals surface area contributed by atoms with Crippen molar-refractivity contribution in [1.82, 2.24) is 5.32 Å². The zero-order chi connectivity index (χ0) is 14.0. The molecule has 3 unspecified atom stereocenters. The average molecular weight is 263 g/mol. The first-order valence-electron chi connectivity index (χ1n) is 6.69. The Morgan fingerprint density at radius 2 is 2.32 bits per heavy atom. The van der Waals surface area contributed by atoms with Crippen molar-refractivity contribution in [2.75, 3.05) is 14.2 Å². The monoisotopic (exact) mass is 263 g/mol. The molecule has 1 fully saturated rings. The zero-order valence-electron chi connectivity index (χ0n) is 11.6. The molecule has 0 aromatic heterocycles. The van der Waals surface area contributed by atoms with Crippen molar-refractivity contribution in [3.63, 3.8) is 0 Å². The highest BCUT2D eigenvalue weighted by molar-refractivity contribution is 5.73. The number of methoxy groups -OCH3 is 1. The van der Waals surface area contributed by atoms with Crippen LogP contribution in [-0.2, 0) is 11.2 Å². The van der Waals surface area contributed by atoms with E-state index in [2.05, 4.69) is 18.3 Å². The number of hydrogen-bond acceptors (Lipinski definition) is 3. The lowest BCUT2D eigenvalue weighted by Gasteiger charge is -2.18. The number of aliphatic carboxylic acids is 1. The molecule has 1 aliphatic carbocycles. The van der Waals surface area contributed by atoms with E-state index in [-0.39, 0.29) is 17.9 Å². The van der Waals surface area contributed by atoms with Gasteiger partial charge in [-0.15, -0.1) is 0 Å². The van der Waals surface area contributed by atoms with Crippen LogP contribution in [0.4, 0.5) is 0 Å². The molecule has 0 bridgehead atoms. The Hall–Kier alpha value is -1.55. The third-order valence-electron chi connectivity index (χ3n) is 3.94. The summed E-state index contributed by atoms with van der Waals surface area (Å²) in [4.78, 5) is 11.0. The topological polar surface area (TPSA) is 58.6 Å². The van der Waals surface area contributed by atoms with Gasteiger partial charge in [0.05, 0.1) is 13.0 Å². The lowest BCUT2D eigenvalue weighted by atomic mass is 9.97. The maximum absolute atomic E-state index is 11.0.